The number of esters is 3. The van der Waals surface area contributed by atoms with Gasteiger partial charge in [0, 0.05) is 26.5 Å². The van der Waals surface area contributed by atoms with E-state index < -0.39 is 54.5 Å². The minimum Gasteiger partial charge on any atom is -0.455 e. The van der Waals surface area contributed by atoms with E-state index in [1.165, 1.54) is 0 Å². The van der Waals surface area contributed by atoms with E-state index in [1.54, 1.807) is 12.1 Å². The Balaban J connectivity index is 2.45. The number of amides is 1. The summed E-state index contributed by atoms with van der Waals surface area (Å²) in [5.41, 5.74) is 7.02. The summed E-state index contributed by atoms with van der Waals surface area (Å²) in [6.45, 7) is 5.31. The molecule has 0 radical (unpaired) electrons. The number of benzene rings is 1. The van der Waals surface area contributed by atoms with Gasteiger partial charge in [-0.05, 0) is 19.1 Å². The van der Waals surface area contributed by atoms with Crippen LogP contribution < -0.4 is 11.1 Å². The first-order chi connectivity index (χ1) is 13.6. The summed E-state index contributed by atoms with van der Waals surface area (Å²) in [6, 6.07) is 7.18. The van der Waals surface area contributed by atoms with Crippen LogP contribution in [0.4, 0.5) is 5.69 Å². The summed E-state index contributed by atoms with van der Waals surface area (Å²) in [5.74, 6) is -3.12. The lowest BCUT2D eigenvalue weighted by Crippen LogP contribution is -2.65. The summed E-state index contributed by atoms with van der Waals surface area (Å²) in [7, 11) is 0. The Hall–Kier alpha value is -3.14. The van der Waals surface area contributed by atoms with Gasteiger partial charge in [0.2, 0.25) is 0 Å². The first-order valence-electron chi connectivity index (χ1n) is 8.88. The van der Waals surface area contributed by atoms with Crippen LogP contribution >= 0.6 is 0 Å². The molecule has 0 saturated carbocycles. The molecule has 2 rings (SSSR count). The standard InChI is InChI=1S/C19H24N2O8/c1-9-5-7-13(8-6-9)21-19-17(28-12(4)24)15(27-11(3)23)14(26-10(2)22)16(29-19)18(20)25/h5-8,14-17,19,21H,1-4H3,(H2,20,25)/t14-,15-,16-,17+,19?/m0/s1. The highest BCUT2D eigenvalue weighted by atomic mass is 16.7. The van der Waals surface area contributed by atoms with Crippen LogP contribution in [0.15, 0.2) is 24.3 Å². The lowest BCUT2D eigenvalue weighted by molar-refractivity contribution is -0.238. The van der Waals surface area contributed by atoms with E-state index in [1.807, 2.05) is 19.1 Å². The lowest BCUT2D eigenvalue weighted by Gasteiger charge is -2.43. The predicted octanol–water partition coefficient (Wildman–Crippen LogP) is 0.412. The van der Waals surface area contributed by atoms with E-state index in [0.717, 1.165) is 26.3 Å². The number of aryl methyl sites for hydroxylation is 1. The topological polar surface area (TPSA) is 143 Å². The molecular formula is C19H24N2O8. The molecule has 0 aromatic heterocycles. The summed E-state index contributed by atoms with van der Waals surface area (Å²) >= 11 is 0. The van der Waals surface area contributed by atoms with Crippen molar-refractivity contribution in [1.29, 1.82) is 0 Å². The van der Waals surface area contributed by atoms with Crippen molar-refractivity contribution in [3.05, 3.63) is 29.8 Å². The molecular weight excluding hydrogens is 384 g/mol. The van der Waals surface area contributed by atoms with Gasteiger partial charge in [0.15, 0.2) is 30.6 Å². The average Bonchev–Trinajstić information content (AvgIpc) is 2.60. The van der Waals surface area contributed by atoms with Gasteiger partial charge in [0.05, 0.1) is 0 Å². The molecule has 1 heterocycles. The van der Waals surface area contributed by atoms with Crippen molar-refractivity contribution in [2.45, 2.75) is 58.3 Å². The molecule has 1 aliphatic heterocycles. The number of hydrogen-bond donors (Lipinski definition) is 2. The minimum atomic E-state index is -1.45. The Morgan fingerprint density at radius 1 is 0.862 bits per heavy atom. The molecule has 1 unspecified atom stereocenters. The Morgan fingerprint density at radius 2 is 1.34 bits per heavy atom. The van der Waals surface area contributed by atoms with Crippen molar-refractivity contribution in [1.82, 2.24) is 0 Å². The highest BCUT2D eigenvalue weighted by Crippen LogP contribution is 2.29. The zero-order valence-electron chi connectivity index (χ0n) is 16.5. The van der Waals surface area contributed by atoms with E-state index in [2.05, 4.69) is 5.32 Å². The second-order valence-electron chi connectivity index (χ2n) is 6.61. The second kappa shape index (κ2) is 9.37. The first kappa shape index (κ1) is 22.2. The predicted molar refractivity (Wildman–Crippen MR) is 99.3 cm³/mol. The van der Waals surface area contributed by atoms with Crippen LogP contribution in [0.2, 0.25) is 0 Å². The molecule has 0 aliphatic carbocycles. The van der Waals surface area contributed by atoms with Gasteiger partial charge in [0.25, 0.3) is 5.91 Å². The average molecular weight is 408 g/mol. The SMILES string of the molecule is CC(=O)O[C@H]1[C@H](OC(C)=O)[C@@H](OC(C)=O)C(Nc2ccc(C)cc2)O[C@@H]1C(N)=O. The molecule has 5 atom stereocenters. The summed E-state index contributed by atoms with van der Waals surface area (Å²) in [5, 5.41) is 2.99. The molecule has 1 fully saturated rings. The van der Waals surface area contributed by atoms with Crippen molar-refractivity contribution >= 4 is 29.5 Å². The molecule has 1 aliphatic rings. The number of hydrogen-bond acceptors (Lipinski definition) is 9. The third kappa shape index (κ3) is 5.92. The molecule has 10 heteroatoms. The Labute approximate surface area is 167 Å². The molecule has 1 aromatic rings. The molecule has 10 nitrogen and oxygen atoms in total. The highest BCUT2D eigenvalue weighted by Gasteiger charge is 2.53. The fourth-order valence-corrected chi connectivity index (χ4v) is 2.97. The fourth-order valence-electron chi connectivity index (χ4n) is 2.97. The molecule has 3 N–H and O–H groups in total. The third-order valence-corrected chi connectivity index (χ3v) is 4.08. The maximum Gasteiger partial charge on any atom is 0.303 e. The van der Waals surface area contributed by atoms with Gasteiger partial charge >= 0.3 is 17.9 Å². The number of primary amides is 1. The van der Waals surface area contributed by atoms with Gasteiger partial charge in [-0.1, -0.05) is 17.7 Å². The minimum absolute atomic E-state index is 0.591. The van der Waals surface area contributed by atoms with Crippen LogP contribution in [0.1, 0.15) is 26.3 Å². The Kier molecular flexibility index (Phi) is 7.16. The number of rotatable bonds is 6. The third-order valence-electron chi connectivity index (χ3n) is 4.08. The Morgan fingerprint density at radius 3 is 1.83 bits per heavy atom. The van der Waals surface area contributed by atoms with E-state index in [0.29, 0.717) is 5.69 Å². The van der Waals surface area contributed by atoms with Crippen molar-refractivity contribution in [2.24, 2.45) is 5.73 Å². The van der Waals surface area contributed by atoms with Gasteiger partial charge in [-0.3, -0.25) is 19.2 Å². The largest absolute Gasteiger partial charge is 0.455 e. The van der Waals surface area contributed by atoms with Gasteiger partial charge < -0.3 is 30.0 Å². The number of carbonyl (C=O) groups is 4. The van der Waals surface area contributed by atoms with Crippen molar-refractivity contribution in [3.63, 3.8) is 0 Å². The monoisotopic (exact) mass is 408 g/mol. The van der Waals surface area contributed by atoms with Crippen LogP contribution in [0.3, 0.4) is 0 Å². The molecule has 158 valence electrons. The molecule has 1 aromatic carbocycles. The molecule has 0 bridgehead atoms. The van der Waals surface area contributed by atoms with E-state index in [-0.39, 0.29) is 0 Å². The number of carbonyl (C=O) groups excluding carboxylic acids is 4. The van der Waals surface area contributed by atoms with Crippen LogP contribution in [-0.4, -0.2) is 54.5 Å². The van der Waals surface area contributed by atoms with E-state index in [9.17, 15) is 19.2 Å². The number of anilines is 1. The van der Waals surface area contributed by atoms with Crippen molar-refractivity contribution in [3.8, 4) is 0 Å². The number of ether oxygens (including phenoxy) is 4. The van der Waals surface area contributed by atoms with E-state index >= 15 is 0 Å². The summed E-state index contributed by atoms with van der Waals surface area (Å²) < 4.78 is 21.4. The quantitative estimate of drug-likeness (QED) is 0.505. The maximum atomic E-state index is 12.0. The fraction of sp³-hybridized carbons (Fsp3) is 0.474. The summed E-state index contributed by atoms with van der Waals surface area (Å²) in [4.78, 5) is 46.9. The van der Waals surface area contributed by atoms with Crippen molar-refractivity contribution in [2.75, 3.05) is 5.32 Å². The summed E-state index contributed by atoms with van der Waals surface area (Å²) in [6.07, 6.45) is -6.50. The molecule has 1 saturated heterocycles. The smallest absolute Gasteiger partial charge is 0.303 e. The first-order valence-corrected chi connectivity index (χ1v) is 8.88. The normalized spacial score (nSPS) is 26.1. The van der Waals surface area contributed by atoms with E-state index in [4.69, 9.17) is 24.7 Å². The van der Waals surface area contributed by atoms with Crippen LogP contribution in [0, 0.1) is 6.92 Å². The maximum absolute atomic E-state index is 12.0. The molecule has 0 spiro atoms. The van der Waals surface area contributed by atoms with Gasteiger partial charge in [0.1, 0.15) is 0 Å². The molecule has 1 amide bonds. The van der Waals surface area contributed by atoms with Gasteiger partial charge in [-0.15, -0.1) is 0 Å². The number of nitrogens with one attached hydrogen (secondary N) is 1. The van der Waals surface area contributed by atoms with Crippen LogP contribution in [0.5, 0.6) is 0 Å². The zero-order chi connectivity index (χ0) is 21.7. The zero-order valence-corrected chi connectivity index (χ0v) is 16.5. The molecule has 29 heavy (non-hydrogen) atoms. The van der Waals surface area contributed by atoms with Crippen molar-refractivity contribution < 1.29 is 38.1 Å². The Bertz CT molecular complexity index is 779. The van der Waals surface area contributed by atoms with Gasteiger partial charge in [-0.2, -0.15) is 0 Å². The second-order valence-corrected chi connectivity index (χ2v) is 6.61. The lowest BCUT2D eigenvalue weighted by atomic mass is 9.96. The highest BCUT2D eigenvalue weighted by molar-refractivity contribution is 5.81. The van der Waals surface area contributed by atoms with Gasteiger partial charge in [-0.25, -0.2) is 0 Å². The van der Waals surface area contributed by atoms with Crippen LogP contribution in [0.25, 0.3) is 0 Å². The van der Waals surface area contributed by atoms with Crippen LogP contribution in [-0.2, 0) is 38.1 Å². The number of nitrogens with two attached hydrogens (primary N) is 1.